The number of aryl methyl sites for hydroxylation is 1. The molecule has 5 heteroatoms. The fraction of sp³-hybridized carbons (Fsp3) is 0.333. The molecule has 0 unspecified atom stereocenters. The molecule has 1 aromatic heterocycles. The van der Waals surface area contributed by atoms with Gasteiger partial charge in [0.05, 0.1) is 5.69 Å². The molecule has 0 atom stereocenters. The molecule has 2 heterocycles. The third kappa shape index (κ3) is 2.24. The lowest BCUT2D eigenvalue weighted by atomic mass is 9.99. The van der Waals surface area contributed by atoms with Gasteiger partial charge in [-0.1, -0.05) is 13.0 Å². The van der Waals surface area contributed by atoms with Gasteiger partial charge in [0.2, 0.25) is 0 Å². The van der Waals surface area contributed by atoms with E-state index in [2.05, 4.69) is 9.97 Å². The quantitative estimate of drug-likeness (QED) is 0.844. The third-order valence-corrected chi connectivity index (χ3v) is 3.66. The second-order valence-corrected chi connectivity index (χ2v) is 4.90. The summed E-state index contributed by atoms with van der Waals surface area (Å²) in [5.41, 5.74) is 2.44. The van der Waals surface area contributed by atoms with E-state index in [-0.39, 0.29) is 11.6 Å². The van der Waals surface area contributed by atoms with Crippen LogP contribution in [-0.2, 0) is 19.4 Å². The number of benzene rings is 1. The summed E-state index contributed by atoms with van der Waals surface area (Å²) in [7, 11) is 0. The van der Waals surface area contributed by atoms with Crippen molar-refractivity contribution >= 4 is 5.82 Å². The van der Waals surface area contributed by atoms with E-state index in [1.54, 1.807) is 12.1 Å². The third-order valence-electron chi connectivity index (χ3n) is 3.66. The molecule has 0 amide bonds. The van der Waals surface area contributed by atoms with Gasteiger partial charge in [0, 0.05) is 13.1 Å². The van der Waals surface area contributed by atoms with Gasteiger partial charge in [-0.15, -0.1) is 0 Å². The molecule has 0 fully saturated rings. The standard InChI is InChI=1S/C15H15F2N3/c1-2-13-14(17)15(19-9-18-13)20-6-5-10-7-12(16)4-3-11(10)8-20/h3-4,7,9H,2,5-6,8H2,1H3. The molecule has 104 valence electrons. The zero-order valence-electron chi connectivity index (χ0n) is 11.2. The number of halogens is 2. The Balaban J connectivity index is 1.92. The minimum atomic E-state index is -0.347. The van der Waals surface area contributed by atoms with E-state index >= 15 is 0 Å². The first-order valence-corrected chi connectivity index (χ1v) is 6.70. The number of nitrogens with zero attached hydrogens (tertiary/aromatic N) is 3. The van der Waals surface area contributed by atoms with Crippen LogP contribution in [0.25, 0.3) is 0 Å². The number of rotatable bonds is 2. The topological polar surface area (TPSA) is 29.0 Å². The van der Waals surface area contributed by atoms with Crippen molar-refractivity contribution in [1.82, 2.24) is 9.97 Å². The van der Waals surface area contributed by atoms with E-state index in [0.29, 0.717) is 37.4 Å². The first-order chi connectivity index (χ1) is 9.69. The molecular formula is C15H15F2N3. The lowest BCUT2D eigenvalue weighted by Gasteiger charge is -2.30. The normalized spacial score (nSPS) is 14.2. The van der Waals surface area contributed by atoms with Crippen LogP contribution in [0.3, 0.4) is 0 Å². The maximum absolute atomic E-state index is 14.3. The Bertz CT molecular complexity index is 643. The second kappa shape index (κ2) is 5.15. The Kier molecular flexibility index (Phi) is 3.34. The Morgan fingerprint density at radius 3 is 2.85 bits per heavy atom. The Morgan fingerprint density at radius 1 is 1.20 bits per heavy atom. The summed E-state index contributed by atoms with van der Waals surface area (Å²) in [6.45, 7) is 3.05. The predicted molar refractivity (Wildman–Crippen MR) is 72.5 cm³/mol. The highest BCUT2D eigenvalue weighted by Crippen LogP contribution is 2.26. The van der Waals surface area contributed by atoms with Gasteiger partial charge in [-0.25, -0.2) is 18.7 Å². The van der Waals surface area contributed by atoms with Crippen LogP contribution in [-0.4, -0.2) is 16.5 Å². The molecule has 3 rings (SSSR count). The molecule has 20 heavy (non-hydrogen) atoms. The molecule has 1 aliphatic rings. The molecule has 1 aliphatic heterocycles. The number of fused-ring (bicyclic) bond motifs is 1. The van der Waals surface area contributed by atoms with E-state index in [1.165, 1.54) is 12.4 Å². The predicted octanol–water partition coefficient (Wildman–Crippen LogP) is 2.88. The van der Waals surface area contributed by atoms with Gasteiger partial charge in [-0.2, -0.15) is 0 Å². The monoisotopic (exact) mass is 275 g/mol. The van der Waals surface area contributed by atoms with E-state index in [9.17, 15) is 8.78 Å². The van der Waals surface area contributed by atoms with Gasteiger partial charge < -0.3 is 4.90 Å². The van der Waals surface area contributed by atoms with Crippen molar-refractivity contribution in [1.29, 1.82) is 0 Å². The maximum Gasteiger partial charge on any atom is 0.187 e. The number of anilines is 1. The molecule has 0 bridgehead atoms. The SMILES string of the molecule is CCc1ncnc(N2CCc3cc(F)ccc3C2)c1F. The first-order valence-electron chi connectivity index (χ1n) is 6.70. The zero-order chi connectivity index (χ0) is 14.1. The average molecular weight is 275 g/mol. The molecular weight excluding hydrogens is 260 g/mol. The second-order valence-electron chi connectivity index (χ2n) is 4.90. The van der Waals surface area contributed by atoms with Crippen LogP contribution in [0.2, 0.25) is 0 Å². The molecule has 0 saturated carbocycles. The summed E-state index contributed by atoms with van der Waals surface area (Å²) in [5.74, 6) is -0.230. The van der Waals surface area contributed by atoms with Crippen molar-refractivity contribution in [3.8, 4) is 0 Å². The van der Waals surface area contributed by atoms with Crippen molar-refractivity contribution < 1.29 is 8.78 Å². The van der Waals surface area contributed by atoms with Crippen LogP contribution in [0.15, 0.2) is 24.5 Å². The molecule has 3 nitrogen and oxygen atoms in total. The van der Waals surface area contributed by atoms with Crippen LogP contribution >= 0.6 is 0 Å². The summed E-state index contributed by atoms with van der Waals surface area (Å²) in [6.07, 6.45) is 2.63. The summed E-state index contributed by atoms with van der Waals surface area (Å²) in [6, 6.07) is 4.76. The van der Waals surface area contributed by atoms with Crippen molar-refractivity contribution in [2.75, 3.05) is 11.4 Å². The molecule has 0 radical (unpaired) electrons. The van der Waals surface area contributed by atoms with Crippen molar-refractivity contribution in [2.24, 2.45) is 0 Å². The largest absolute Gasteiger partial charge is 0.349 e. The van der Waals surface area contributed by atoms with E-state index in [4.69, 9.17) is 0 Å². The van der Waals surface area contributed by atoms with Crippen molar-refractivity contribution in [3.63, 3.8) is 0 Å². The molecule has 0 spiro atoms. The van der Waals surface area contributed by atoms with Crippen LogP contribution in [0.4, 0.5) is 14.6 Å². The minimum absolute atomic E-state index is 0.223. The summed E-state index contributed by atoms with van der Waals surface area (Å²) < 4.78 is 27.5. The highest BCUT2D eigenvalue weighted by Gasteiger charge is 2.21. The van der Waals surface area contributed by atoms with Gasteiger partial charge in [-0.05, 0) is 36.1 Å². The number of aromatic nitrogens is 2. The van der Waals surface area contributed by atoms with Gasteiger partial charge in [0.1, 0.15) is 12.1 Å². The highest BCUT2D eigenvalue weighted by atomic mass is 19.1. The maximum atomic E-state index is 14.3. The first kappa shape index (κ1) is 13.0. The van der Waals surface area contributed by atoms with E-state index < -0.39 is 0 Å². The fourth-order valence-electron chi connectivity index (χ4n) is 2.56. The lowest BCUT2D eigenvalue weighted by Crippen LogP contribution is -2.32. The summed E-state index contributed by atoms with van der Waals surface area (Å²) in [5, 5.41) is 0. The number of hydrogen-bond donors (Lipinski definition) is 0. The highest BCUT2D eigenvalue weighted by molar-refractivity contribution is 5.45. The van der Waals surface area contributed by atoms with Gasteiger partial charge in [-0.3, -0.25) is 0 Å². The molecule has 2 aromatic rings. The van der Waals surface area contributed by atoms with E-state index in [0.717, 1.165) is 11.1 Å². The molecule has 1 aromatic carbocycles. The zero-order valence-corrected chi connectivity index (χ0v) is 11.2. The molecule has 0 saturated heterocycles. The van der Waals surface area contributed by atoms with Gasteiger partial charge >= 0.3 is 0 Å². The molecule has 0 N–H and O–H groups in total. The van der Waals surface area contributed by atoms with Crippen molar-refractivity contribution in [3.05, 3.63) is 53.0 Å². The number of hydrogen-bond acceptors (Lipinski definition) is 3. The van der Waals surface area contributed by atoms with Crippen molar-refractivity contribution in [2.45, 2.75) is 26.3 Å². The summed E-state index contributed by atoms with van der Waals surface area (Å²) in [4.78, 5) is 9.90. The minimum Gasteiger partial charge on any atom is -0.349 e. The van der Waals surface area contributed by atoms with Crippen LogP contribution < -0.4 is 4.90 Å². The molecule has 0 aliphatic carbocycles. The van der Waals surface area contributed by atoms with Gasteiger partial charge in [0.25, 0.3) is 0 Å². The fourth-order valence-corrected chi connectivity index (χ4v) is 2.56. The average Bonchev–Trinajstić information content (AvgIpc) is 2.47. The van der Waals surface area contributed by atoms with E-state index in [1.807, 2.05) is 11.8 Å². The van der Waals surface area contributed by atoms with Gasteiger partial charge in [0.15, 0.2) is 11.6 Å². The van der Waals surface area contributed by atoms with Crippen LogP contribution in [0.1, 0.15) is 23.7 Å². The Hall–Kier alpha value is -2.04. The Morgan fingerprint density at radius 2 is 2.05 bits per heavy atom. The summed E-state index contributed by atoms with van der Waals surface area (Å²) >= 11 is 0. The van der Waals surface area contributed by atoms with Crippen LogP contribution in [0, 0.1) is 11.6 Å². The van der Waals surface area contributed by atoms with Crippen LogP contribution in [0.5, 0.6) is 0 Å². The smallest absolute Gasteiger partial charge is 0.187 e. The Labute approximate surface area is 116 Å². The lowest BCUT2D eigenvalue weighted by molar-refractivity contribution is 0.575.